The number of ether oxygens (including phenoxy) is 3. The van der Waals surface area contributed by atoms with E-state index < -0.39 is 66.7 Å². The first-order valence-electron chi connectivity index (χ1n) is 11.8. The average molecular weight is 545 g/mol. The van der Waals surface area contributed by atoms with Crippen LogP contribution in [0.3, 0.4) is 0 Å². The highest BCUT2D eigenvalue weighted by Crippen LogP contribution is 2.41. The molecule has 17 nitrogen and oxygen atoms in total. The van der Waals surface area contributed by atoms with Crippen molar-refractivity contribution in [3.63, 3.8) is 0 Å². The molecule has 2 aliphatic rings. The first-order valence-corrected chi connectivity index (χ1v) is 11.8. The molecule has 1 saturated heterocycles. The van der Waals surface area contributed by atoms with Crippen molar-refractivity contribution in [1.82, 2.24) is 0 Å². The van der Waals surface area contributed by atoms with Crippen molar-refractivity contribution < 1.29 is 28.5 Å². The number of alkyl halides is 1. The summed E-state index contributed by atoms with van der Waals surface area (Å²) in [6, 6.07) is 4.97. The summed E-state index contributed by atoms with van der Waals surface area (Å²) in [5, 5.41) is 25.6. The van der Waals surface area contributed by atoms with Crippen LogP contribution in [0.25, 0.3) is 41.8 Å². The van der Waals surface area contributed by atoms with Gasteiger partial charge in [0.15, 0.2) is 0 Å². The average Bonchev–Trinajstić information content (AvgIpc) is 2.91. The minimum atomic E-state index is -2.01. The minimum Gasteiger partial charge on any atom is -0.459 e. The van der Waals surface area contributed by atoms with Crippen molar-refractivity contribution >= 4 is 5.97 Å². The molecule has 1 aliphatic heterocycles. The van der Waals surface area contributed by atoms with E-state index in [9.17, 15) is 21.0 Å². The Bertz CT molecular complexity index is 1200. The number of rotatable bonds is 10. The topological polar surface area (TPSA) is 260 Å². The Morgan fingerprint density at radius 2 is 1.72 bits per heavy atom. The maximum atomic E-state index is 16.1. The molecule has 206 valence electrons. The second kappa shape index (κ2) is 14.0. The van der Waals surface area contributed by atoms with Gasteiger partial charge >= 0.3 is 5.97 Å². The summed E-state index contributed by atoms with van der Waals surface area (Å²) in [4.78, 5) is 22.7. The summed E-state index contributed by atoms with van der Waals surface area (Å²) in [5.41, 5.74) is 37.0. The van der Waals surface area contributed by atoms with E-state index in [4.69, 9.17) is 25.3 Å². The van der Waals surface area contributed by atoms with Crippen LogP contribution in [-0.2, 0) is 25.6 Å². The molecule has 39 heavy (non-hydrogen) atoms. The second-order valence-corrected chi connectivity index (χ2v) is 8.88. The van der Waals surface area contributed by atoms with Crippen molar-refractivity contribution in [2.75, 3.05) is 6.54 Å². The van der Waals surface area contributed by atoms with Crippen LogP contribution in [0.2, 0.25) is 0 Å². The van der Waals surface area contributed by atoms with E-state index in [0.717, 1.165) is 6.92 Å². The lowest BCUT2D eigenvalue weighted by Gasteiger charge is -2.50. The number of carbonyl (C=O) groups excluding carboxylic acids is 1. The SMILES string of the molecule is CC(=O)O[C@H]1C(N=[N+]=[N-])CC(N=[N+]=[N-])[C@@H](C2O[C@H](CN=[N+]=[N-])[C@@H](OCc3ccccc3)[C@H](F)C2N=[N+]=[N-])[C@@H]1O. The maximum Gasteiger partial charge on any atom is 0.303 e. The largest absolute Gasteiger partial charge is 0.459 e. The van der Waals surface area contributed by atoms with Crippen molar-refractivity contribution in [1.29, 1.82) is 0 Å². The Balaban J connectivity index is 2.02. The molecule has 1 aromatic carbocycles. The zero-order valence-corrected chi connectivity index (χ0v) is 20.6. The van der Waals surface area contributed by atoms with Gasteiger partial charge in [-0.2, -0.15) is 0 Å². The van der Waals surface area contributed by atoms with E-state index in [1.54, 1.807) is 30.3 Å². The molecule has 0 radical (unpaired) electrons. The molecule has 10 atom stereocenters. The number of aliphatic hydroxyl groups is 1. The molecular formula is C21H25FN12O5. The van der Waals surface area contributed by atoms with Crippen LogP contribution in [0.1, 0.15) is 18.9 Å². The van der Waals surface area contributed by atoms with Gasteiger partial charge in [-0.3, -0.25) is 4.79 Å². The summed E-state index contributed by atoms with van der Waals surface area (Å²) < 4.78 is 33.2. The van der Waals surface area contributed by atoms with Gasteiger partial charge in [0, 0.05) is 38.5 Å². The summed E-state index contributed by atoms with van der Waals surface area (Å²) in [5.74, 6) is -2.08. The molecule has 1 N–H and O–H groups in total. The molecule has 0 amide bonds. The van der Waals surface area contributed by atoms with Crippen LogP contribution in [0.4, 0.5) is 4.39 Å². The van der Waals surface area contributed by atoms with Gasteiger partial charge < -0.3 is 19.3 Å². The lowest BCUT2D eigenvalue weighted by Crippen LogP contribution is -2.65. The van der Waals surface area contributed by atoms with Gasteiger partial charge in [0.2, 0.25) is 0 Å². The maximum absolute atomic E-state index is 16.1. The smallest absolute Gasteiger partial charge is 0.303 e. The van der Waals surface area contributed by atoms with E-state index >= 15 is 4.39 Å². The third-order valence-electron chi connectivity index (χ3n) is 6.59. The van der Waals surface area contributed by atoms with Gasteiger partial charge in [0.05, 0.1) is 43.5 Å². The standard InChI is InChI=1S/C21H25FN12O5/c1-10(35)38-19-13(29-33-25)7-12(28-32-24)15(18(19)36)21-17(30-34-26)16(22)20(14(39-21)8-27-31-23)37-9-11-5-3-2-4-6-11/h2-6,12-21,36H,7-9H2,1H3/t12?,13?,14-,15-,16-,17?,18+,19+,20-,21?/m1/s1. The van der Waals surface area contributed by atoms with Crippen LogP contribution in [-0.4, -0.2) is 72.4 Å². The van der Waals surface area contributed by atoms with Gasteiger partial charge in [-0.25, -0.2) is 4.39 Å². The molecule has 0 bridgehead atoms. The molecule has 18 heteroatoms. The Morgan fingerprint density at radius 3 is 2.33 bits per heavy atom. The van der Waals surface area contributed by atoms with E-state index in [0.29, 0.717) is 5.56 Å². The van der Waals surface area contributed by atoms with Crippen LogP contribution in [0.15, 0.2) is 50.8 Å². The predicted octanol–water partition coefficient (Wildman–Crippen LogP) is 4.34. The highest BCUT2D eigenvalue weighted by molar-refractivity contribution is 5.66. The third kappa shape index (κ3) is 6.99. The number of hydrogen-bond acceptors (Lipinski definition) is 9. The molecule has 0 aromatic heterocycles. The van der Waals surface area contributed by atoms with Crippen molar-refractivity contribution in [2.45, 2.75) is 74.8 Å². The fourth-order valence-electron chi connectivity index (χ4n) is 5.01. The van der Waals surface area contributed by atoms with E-state index in [1.807, 2.05) is 0 Å². The Hall–Kier alpha value is -4.26. The highest BCUT2D eigenvalue weighted by Gasteiger charge is 2.56. The van der Waals surface area contributed by atoms with Crippen molar-refractivity contribution in [2.24, 2.45) is 26.4 Å². The number of hydrogen-bond donors (Lipinski definition) is 1. The van der Waals surface area contributed by atoms with Crippen LogP contribution in [0.5, 0.6) is 0 Å². The number of azide groups is 4. The molecule has 3 rings (SSSR count). The van der Waals surface area contributed by atoms with Gasteiger partial charge in [-0.1, -0.05) is 50.8 Å². The Labute approximate surface area is 220 Å². The summed E-state index contributed by atoms with van der Waals surface area (Å²) in [6.45, 7) is 0.668. The van der Waals surface area contributed by atoms with Crippen LogP contribution in [0, 0.1) is 5.92 Å². The summed E-state index contributed by atoms with van der Waals surface area (Å²) >= 11 is 0. The number of esters is 1. The van der Waals surface area contributed by atoms with Gasteiger partial charge in [-0.05, 0) is 34.1 Å². The Kier molecular flexibility index (Phi) is 10.6. The van der Waals surface area contributed by atoms with E-state index in [1.165, 1.54) is 0 Å². The number of nitrogens with zero attached hydrogens (tertiary/aromatic N) is 12. The normalized spacial score (nSPS) is 33.7. The number of benzene rings is 1. The zero-order valence-electron chi connectivity index (χ0n) is 20.6. The molecule has 0 spiro atoms. The fraction of sp³-hybridized carbons (Fsp3) is 0.667. The summed E-state index contributed by atoms with van der Waals surface area (Å²) in [7, 11) is 0. The first kappa shape index (κ1) is 29.3. The zero-order chi connectivity index (χ0) is 28.4. The number of carbonyl (C=O) groups is 1. The molecule has 1 aliphatic carbocycles. The van der Waals surface area contributed by atoms with Crippen LogP contribution < -0.4 is 0 Å². The first-order chi connectivity index (χ1) is 18.9. The second-order valence-electron chi connectivity index (χ2n) is 8.88. The van der Waals surface area contributed by atoms with Crippen LogP contribution >= 0.6 is 0 Å². The fourth-order valence-corrected chi connectivity index (χ4v) is 5.01. The minimum absolute atomic E-state index is 0.0362. The van der Waals surface area contributed by atoms with Crippen molar-refractivity contribution in [3.05, 3.63) is 77.7 Å². The molecule has 2 fully saturated rings. The van der Waals surface area contributed by atoms with E-state index in [-0.39, 0.29) is 19.6 Å². The molecule has 1 saturated carbocycles. The quantitative estimate of drug-likeness (QED) is 0.194. The van der Waals surface area contributed by atoms with Gasteiger partial charge in [0.25, 0.3) is 0 Å². The predicted molar refractivity (Wildman–Crippen MR) is 131 cm³/mol. The van der Waals surface area contributed by atoms with E-state index in [2.05, 4.69) is 40.1 Å². The Morgan fingerprint density at radius 1 is 1.05 bits per heavy atom. The molecule has 4 unspecified atom stereocenters. The molecule has 1 aromatic rings. The lowest BCUT2D eigenvalue weighted by molar-refractivity contribution is -0.216. The highest BCUT2D eigenvalue weighted by atomic mass is 19.1. The van der Waals surface area contributed by atoms with Gasteiger partial charge in [-0.15, -0.1) is 0 Å². The number of halogens is 1. The third-order valence-corrected chi connectivity index (χ3v) is 6.59. The molecular weight excluding hydrogens is 519 g/mol. The summed E-state index contributed by atoms with van der Waals surface area (Å²) in [6.07, 6.45) is -9.28. The van der Waals surface area contributed by atoms with Gasteiger partial charge in [0.1, 0.15) is 18.4 Å². The lowest BCUT2D eigenvalue weighted by atomic mass is 9.71. The number of aliphatic hydroxyl groups excluding tert-OH is 1. The molecule has 1 heterocycles. The van der Waals surface area contributed by atoms with Crippen molar-refractivity contribution in [3.8, 4) is 0 Å². The monoisotopic (exact) mass is 544 g/mol.